The Balaban J connectivity index is 2.67. The maximum Gasteiger partial charge on any atom is 0.320 e. The molecule has 5 heteroatoms. The lowest BCUT2D eigenvalue weighted by Crippen LogP contribution is -2.41. The minimum absolute atomic E-state index is 0.0344. The first kappa shape index (κ1) is 14.6. The number of carboxylic acids is 1. The number of rotatable bonds is 6. The molecule has 1 rings (SSSR count). The van der Waals surface area contributed by atoms with Crippen molar-refractivity contribution in [1.82, 2.24) is 5.32 Å². The molecule has 1 aromatic rings. The van der Waals surface area contributed by atoms with Gasteiger partial charge in [0.25, 0.3) is 0 Å². The molecular formula is C13H17F2NO2. The van der Waals surface area contributed by atoms with Crippen LogP contribution in [0, 0.1) is 17.6 Å². The summed E-state index contributed by atoms with van der Waals surface area (Å²) in [6.45, 7) is 3.93. The largest absolute Gasteiger partial charge is 0.480 e. The van der Waals surface area contributed by atoms with Crippen LogP contribution in [-0.4, -0.2) is 17.1 Å². The molecule has 0 bridgehead atoms. The number of aliphatic carboxylic acids is 1. The fourth-order valence-electron chi connectivity index (χ4n) is 1.64. The SMILES string of the molecule is CCC(C)C(NCc1ccc(F)c(F)c1)C(=O)O. The van der Waals surface area contributed by atoms with E-state index in [4.69, 9.17) is 5.11 Å². The molecule has 0 saturated carbocycles. The molecule has 1 aromatic carbocycles. The van der Waals surface area contributed by atoms with Crippen molar-refractivity contribution in [3.05, 3.63) is 35.4 Å². The van der Waals surface area contributed by atoms with E-state index < -0.39 is 23.6 Å². The second-order valence-corrected chi connectivity index (χ2v) is 4.33. The maximum absolute atomic E-state index is 13.0. The van der Waals surface area contributed by atoms with E-state index in [2.05, 4.69) is 5.32 Å². The highest BCUT2D eigenvalue weighted by Gasteiger charge is 2.22. The normalized spacial score (nSPS) is 14.2. The van der Waals surface area contributed by atoms with E-state index in [1.807, 2.05) is 13.8 Å². The van der Waals surface area contributed by atoms with Crippen molar-refractivity contribution >= 4 is 5.97 Å². The molecule has 2 N–H and O–H groups in total. The Hall–Kier alpha value is -1.49. The number of halogens is 2. The van der Waals surface area contributed by atoms with Crippen molar-refractivity contribution in [3.63, 3.8) is 0 Å². The zero-order valence-corrected chi connectivity index (χ0v) is 10.4. The lowest BCUT2D eigenvalue weighted by molar-refractivity contribution is -0.140. The molecule has 0 heterocycles. The first-order valence-electron chi connectivity index (χ1n) is 5.85. The first-order valence-corrected chi connectivity index (χ1v) is 5.85. The number of carboxylic acid groups (broad SMARTS) is 1. The van der Waals surface area contributed by atoms with Crippen LogP contribution in [-0.2, 0) is 11.3 Å². The maximum atomic E-state index is 13.0. The zero-order chi connectivity index (χ0) is 13.7. The molecule has 0 spiro atoms. The Morgan fingerprint density at radius 3 is 2.56 bits per heavy atom. The van der Waals surface area contributed by atoms with E-state index in [9.17, 15) is 13.6 Å². The highest BCUT2D eigenvalue weighted by molar-refractivity contribution is 5.73. The standard InChI is InChI=1S/C13H17F2NO2/c1-3-8(2)12(13(17)18)16-7-9-4-5-10(14)11(15)6-9/h4-6,8,12,16H,3,7H2,1-2H3,(H,17,18). The minimum atomic E-state index is -0.938. The number of carbonyl (C=O) groups is 1. The molecule has 0 aliphatic carbocycles. The topological polar surface area (TPSA) is 49.3 Å². The van der Waals surface area contributed by atoms with Gasteiger partial charge in [0.2, 0.25) is 0 Å². The fourth-order valence-corrected chi connectivity index (χ4v) is 1.64. The van der Waals surface area contributed by atoms with Crippen LogP contribution in [0.15, 0.2) is 18.2 Å². The third-order valence-electron chi connectivity index (χ3n) is 2.99. The van der Waals surface area contributed by atoms with Gasteiger partial charge < -0.3 is 10.4 Å². The molecule has 0 amide bonds. The van der Waals surface area contributed by atoms with Gasteiger partial charge in [-0.05, 0) is 23.6 Å². The predicted octanol–water partition coefficient (Wildman–Crippen LogP) is 2.55. The molecule has 0 aromatic heterocycles. The van der Waals surface area contributed by atoms with Gasteiger partial charge in [0.15, 0.2) is 11.6 Å². The molecule has 2 atom stereocenters. The summed E-state index contributed by atoms with van der Waals surface area (Å²) >= 11 is 0. The van der Waals surface area contributed by atoms with E-state index in [1.165, 1.54) is 6.07 Å². The number of hydrogen-bond acceptors (Lipinski definition) is 2. The summed E-state index contributed by atoms with van der Waals surface area (Å²) in [6, 6.07) is 2.84. The van der Waals surface area contributed by atoms with Crippen molar-refractivity contribution < 1.29 is 18.7 Å². The second-order valence-electron chi connectivity index (χ2n) is 4.33. The summed E-state index contributed by atoms with van der Waals surface area (Å²) in [5, 5.41) is 11.9. The van der Waals surface area contributed by atoms with Gasteiger partial charge in [0.05, 0.1) is 0 Å². The van der Waals surface area contributed by atoms with Gasteiger partial charge in [-0.2, -0.15) is 0 Å². The van der Waals surface area contributed by atoms with E-state index in [-0.39, 0.29) is 12.5 Å². The van der Waals surface area contributed by atoms with Crippen molar-refractivity contribution in [1.29, 1.82) is 0 Å². The van der Waals surface area contributed by atoms with E-state index in [1.54, 1.807) is 0 Å². The van der Waals surface area contributed by atoms with Gasteiger partial charge in [-0.1, -0.05) is 26.3 Å². The highest BCUT2D eigenvalue weighted by Crippen LogP contribution is 2.11. The number of nitrogens with one attached hydrogen (secondary N) is 1. The number of benzene rings is 1. The molecule has 0 saturated heterocycles. The molecule has 0 aliphatic heterocycles. The Labute approximate surface area is 105 Å². The van der Waals surface area contributed by atoms with Crippen molar-refractivity contribution in [2.24, 2.45) is 5.92 Å². The molecule has 100 valence electrons. The third kappa shape index (κ3) is 3.77. The Morgan fingerprint density at radius 2 is 2.06 bits per heavy atom. The molecule has 3 nitrogen and oxygen atoms in total. The second kappa shape index (κ2) is 6.44. The molecule has 18 heavy (non-hydrogen) atoms. The van der Waals surface area contributed by atoms with Crippen molar-refractivity contribution in [2.45, 2.75) is 32.9 Å². The summed E-state index contributed by atoms with van der Waals surface area (Å²) in [5.41, 5.74) is 0.517. The Morgan fingerprint density at radius 1 is 1.39 bits per heavy atom. The summed E-state index contributed by atoms with van der Waals surface area (Å²) < 4.78 is 25.7. The van der Waals surface area contributed by atoms with Gasteiger partial charge in [-0.3, -0.25) is 4.79 Å². The average Bonchev–Trinajstić information content (AvgIpc) is 2.33. The predicted molar refractivity (Wildman–Crippen MR) is 64.1 cm³/mol. The van der Waals surface area contributed by atoms with Crippen LogP contribution in [0.4, 0.5) is 8.78 Å². The van der Waals surface area contributed by atoms with Crippen LogP contribution in [0.2, 0.25) is 0 Å². The van der Waals surface area contributed by atoms with Crippen LogP contribution in [0.3, 0.4) is 0 Å². The number of hydrogen-bond donors (Lipinski definition) is 2. The summed E-state index contributed by atoms with van der Waals surface area (Å²) in [6.07, 6.45) is 0.724. The van der Waals surface area contributed by atoms with E-state index >= 15 is 0 Å². The summed E-state index contributed by atoms with van der Waals surface area (Å²) in [5.74, 6) is -2.81. The van der Waals surface area contributed by atoms with Gasteiger partial charge in [0.1, 0.15) is 6.04 Å². The smallest absolute Gasteiger partial charge is 0.320 e. The summed E-state index contributed by atoms with van der Waals surface area (Å²) in [7, 11) is 0. The van der Waals surface area contributed by atoms with Gasteiger partial charge >= 0.3 is 5.97 Å². The average molecular weight is 257 g/mol. The van der Waals surface area contributed by atoms with Crippen LogP contribution in [0.1, 0.15) is 25.8 Å². The van der Waals surface area contributed by atoms with Crippen LogP contribution >= 0.6 is 0 Å². The van der Waals surface area contributed by atoms with E-state index in [0.29, 0.717) is 5.56 Å². The molecule has 0 radical (unpaired) electrons. The van der Waals surface area contributed by atoms with Gasteiger partial charge in [-0.25, -0.2) is 8.78 Å². The van der Waals surface area contributed by atoms with Gasteiger partial charge in [-0.15, -0.1) is 0 Å². The van der Waals surface area contributed by atoms with Crippen molar-refractivity contribution in [2.75, 3.05) is 0 Å². The van der Waals surface area contributed by atoms with Crippen molar-refractivity contribution in [3.8, 4) is 0 Å². The zero-order valence-electron chi connectivity index (χ0n) is 10.4. The van der Waals surface area contributed by atoms with Crippen LogP contribution < -0.4 is 5.32 Å². The Kier molecular flexibility index (Phi) is 5.22. The first-order chi connectivity index (χ1) is 8.45. The quantitative estimate of drug-likeness (QED) is 0.823. The van der Waals surface area contributed by atoms with E-state index in [0.717, 1.165) is 18.6 Å². The van der Waals surface area contributed by atoms with Gasteiger partial charge in [0, 0.05) is 6.54 Å². The molecule has 0 aliphatic rings. The summed E-state index contributed by atoms with van der Waals surface area (Å²) in [4.78, 5) is 11.0. The third-order valence-corrected chi connectivity index (χ3v) is 2.99. The highest BCUT2D eigenvalue weighted by atomic mass is 19.2. The van der Waals surface area contributed by atoms with Crippen LogP contribution in [0.25, 0.3) is 0 Å². The minimum Gasteiger partial charge on any atom is -0.480 e. The fraction of sp³-hybridized carbons (Fsp3) is 0.462. The molecular weight excluding hydrogens is 240 g/mol. The van der Waals surface area contributed by atoms with Crippen LogP contribution in [0.5, 0.6) is 0 Å². The lowest BCUT2D eigenvalue weighted by Gasteiger charge is -2.20. The molecule has 2 unspecified atom stereocenters. The molecule has 0 fully saturated rings. The lowest BCUT2D eigenvalue weighted by atomic mass is 9.99. The monoisotopic (exact) mass is 257 g/mol. The Bertz CT molecular complexity index is 423.